The molecule has 0 aliphatic carbocycles. The number of nitrogen functional groups attached to an aromatic ring is 1. The fourth-order valence-electron chi connectivity index (χ4n) is 5.59. The molecule has 0 radical (unpaired) electrons. The lowest BCUT2D eigenvalue weighted by Crippen LogP contribution is -2.40. The molecule has 200 valence electrons. The zero-order valence-electron chi connectivity index (χ0n) is 21.1. The number of rotatable bonds is 4. The standard InChI is InChI=1S/C26H27N9O3S/c27-25-24-21(23-15-30-32-34(23)19-4-9-38-10-5-19)14-22(35(24)31-16-29-25)18-2-1-17-3-6-28-26(20(17)13-18)33-7-11-39(36,37)12-8-33/h1-3,6,13-16,19H,4-5,7-12H2,(H2,27,29,31). The van der Waals surface area contributed by atoms with Crippen LogP contribution in [0.3, 0.4) is 0 Å². The molecule has 4 aromatic heterocycles. The summed E-state index contributed by atoms with van der Waals surface area (Å²) in [5.41, 5.74) is 10.6. The van der Waals surface area contributed by atoms with E-state index in [-0.39, 0.29) is 17.5 Å². The van der Waals surface area contributed by atoms with Gasteiger partial charge >= 0.3 is 0 Å². The van der Waals surface area contributed by atoms with Crippen LogP contribution in [0.2, 0.25) is 0 Å². The Kier molecular flexibility index (Phi) is 5.70. The van der Waals surface area contributed by atoms with Gasteiger partial charge in [-0.1, -0.05) is 17.3 Å². The Balaban J connectivity index is 1.37. The molecule has 1 aromatic carbocycles. The summed E-state index contributed by atoms with van der Waals surface area (Å²) in [5.74, 6) is 1.40. The van der Waals surface area contributed by atoms with Crippen molar-refractivity contribution in [3.63, 3.8) is 0 Å². The van der Waals surface area contributed by atoms with E-state index in [0.29, 0.717) is 37.6 Å². The molecule has 0 atom stereocenters. The first-order chi connectivity index (χ1) is 19.0. The third-order valence-electron chi connectivity index (χ3n) is 7.66. The molecule has 2 N–H and O–H groups in total. The van der Waals surface area contributed by atoms with Gasteiger partial charge in [0.05, 0.1) is 35.1 Å². The minimum atomic E-state index is -3.01. The van der Waals surface area contributed by atoms with Crippen molar-refractivity contribution in [1.82, 2.24) is 34.6 Å². The summed E-state index contributed by atoms with van der Waals surface area (Å²) in [6.07, 6.45) is 6.70. The van der Waals surface area contributed by atoms with Gasteiger partial charge < -0.3 is 15.4 Å². The van der Waals surface area contributed by atoms with Crippen LogP contribution in [0.25, 0.3) is 38.8 Å². The molecule has 6 heterocycles. The fraction of sp³-hybridized carbons (Fsp3) is 0.346. The molecule has 5 aromatic rings. The number of benzene rings is 1. The maximum absolute atomic E-state index is 12.0. The number of fused-ring (bicyclic) bond motifs is 2. The number of nitrogens with zero attached hydrogens (tertiary/aromatic N) is 8. The van der Waals surface area contributed by atoms with Gasteiger partial charge in [-0.15, -0.1) is 5.10 Å². The molecule has 0 spiro atoms. The third kappa shape index (κ3) is 4.17. The Labute approximate surface area is 224 Å². The largest absolute Gasteiger partial charge is 0.382 e. The first kappa shape index (κ1) is 24.0. The predicted octanol–water partition coefficient (Wildman–Crippen LogP) is 2.37. The number of hydrogen-bond acceptors (Lipinski definition) is 10. The molecular formula is C26H27N9O3S. The number of aromatic nitrogens is 7. The average molecular weight is 546 g/mol. The summed E-state index contributed by atoms with van der Waals surface area (Å²) in [6, 6.07) is 10.4. The van der Waals surface area contributed by atoms with Crippen LogP contribution in [0.15, 0.2) is 49.1 Å². The van der Waals surface area contributed by atoms with Gasteiger partial charge in [-0.05, 0) is 36.4 Å². The zero-order valence-corrected chi connectivity index (χ0v) is 22.0. The molecule has 2 fully saturated rings. The Bertz CT molecular complexity index is 1790. The highest BCUT2D eigenvalue weighted by Gasteiger charge is 2.26. The molecule has 12 nitrogen and oxygen atoms in total. The van der Waals surface area contributed by atoms with Crippen LogP contribution in [-0.4, -0.2) is 80.8 Å². The molecule has 7 rings (SSSR count). The molecule has 2 aliphatic rings. The monoisotopic (exact) mass is 545 g/mol. The highest BCUT2D eigenvalue weighted by atomic mass is 32.2. The van der Waals surface area contributed by atoms with Crippen molar-refractivity contribution >= 4 is 37.8 Å². The van der Waals surface area contributed by atoms with Gasteiger partial charge in [0.2, 0.25) is 0 Å². The summed E-state index contributed by atoms with van der Waals surface area (Å²) in [5, 5.41) is 15.2. The number of hydrogen-bond donors (Lipinski definition) is 1. The Morgan fingerprint density at radius 2 is 1.82 bits per heavy atom. The first-order valence-electron chi connectivity index (χ1n) is 12.9. The molecule has 0 amide bonds. The van der Waals surface area contributed by atoms with E-state index < -0.39 is 9.84 Å². The second-order valence-corrected chi connectivity index (χ2v) is 12.3. The van der Waals surface area contributed by atoms with E-state index in [4.69, 9.17) is 10.5 Å². The SMILES string of the molecule is Nc1ncnn2c(-c3ccc4ccnc(N5CCS(=O)(=O)CC5)c4c3)cc(-c3cnnn3C3CCOCC3)c12. The summed E-state index contributed by atoms with van der Waals surface area (Å²) in [4.78, 5) is 11.0. The third-order valence-corrected chi connectivity index (χ3v) is 9.26. The van der Waals surface area contributed by atoms with Crippen molar-refractivity contribution in [2.24, 2.45) is 0 Å². The summed E-state index contributed by atoms with van der Waals surface area (Å²) in [6.45, 7) is 2.22. The Hall–Kier alpha value is -4.10. The molecular weight excluding hydrogens is 518 g/mol. The van der Waals surface area contributed by atoms with Crippen molar-refractivity contribution in [1.29, 1.82) is 0 Å². The van der Waals surface area contributed by atoms with E-state index >= 15 is 0 Å². The number of nitrogens with two attached hydrogens (primary N) is 1. The summed E-state index contributed by atoms with van der Waals surface area (Å²) in [7, 11) is -3.01. The van der Waals surface area contributed by atoms with Crippen molar-refractivity contribution in [2.45, 2.75) is 18.9 Å². The van der Waals surface area contributed by atoms with Crippen LogP contribution < -0.4 is 10.6 Å². The number of anilines is 2. The first-order valence-corrected chi connectivity index (χ1v) is 14.8. The normalized spacial score (nSPS) is 18.2. The summed E-state index contributed by atoms with van der Waals surface area (Å²) >= 11 is 0. The van der Waals surface area contributed by atoms with Crippen LogP contribution in [0, 0.1) is 0 Å². The topological polar surface area (TPSA) is 146 Å². The second kappa shape index (κ2) is 9.27. The predicted molar refractivity (Wildman–Crippen MR) is 147 cm³/mol. The van der Waals surface area contributed by atoms with Crippen LogP contribution in [-0.2, 0) is 14.6 Å². The number of pyridine rings is 1. The molecule has 0 bridgehead atoms. The molecule has 0 saturated carbocycles. The van der Waals surface area contributed by atoms with Gasteiger partial charge in [-0.2, -0.15) is 5.10 Å². The van der Waals surface area contributed by atoms with Crippen LogP contribution >= 0.6 is 0 Å². The Morgan fingerprint density at radius 3 is 2.64 bits per heavy atom. The van der Waals surface area contributed by atoms with Gasteiger partial charge in [0, 0.05) is 49.0 Å². The van der Waals surface area contributed by atoms with Gasteiger partial charge in [0.15, 0.2) is 15.7 Å². The van der Waals surface area contributed by atoms with Gasteiger partial charge in [-0.3, -0.25) is 0 Å². The van der Waals surface area contributed by atoms with E-state index in [9.17, 15) is 8.42 Å². The number of sulfone groups is 1. The smallest absolute Gasteiger partial charge is 0.153 e. The van der Waals surface area contributed by atoms with Crippen LogP contribution in [0.4, 0.5) is 11.6 Å². The van der Waals surface area contributed by atoms with Gasteiger partial charge in [-0.25, -0.2) is 27.6 Å². The Morgan fingerprint density at radius 1 is 1.00 bits per heavy atom. The zero-order chi connectivity index (χ0) is 26.6. The van der Waals surface area contributed by atoms with Crippen LogP contribution in [0.1, 0.15) is 18.9 Å². The fourth-order valence-corrected chi connectivity index (χ4v) is 6.79. The van der Waals surface area contributed by atoms with Crippen molar-refractivity contribution < 1.29 is 13.2 Å². The minimum Gasteiger partial charge on any atom is -0.382 e. The molecule has 2 saturated heterocycles. The maximum atomic E-state index is 12.0. The quantitative estimate of drug-likeness (QED) is 0.357. The second-order valence-electron chi connectivity index (χ2n) is 9.97. The van der Waals surface area contributed by atoms with Crippen molar-refractivity contribution in [3.05, 3.63) is 49.1 Å². The lowest BCUT2D eigenvalue weighted by molar-refractivity contribution is 0.0662. The van der Waals surface area contributed by atoms with Crippen molar-refractivity contribution in [3.8, 4) is 22.5 Å². The summed E-state index contributed by atoms with van der Waals surface area (Å²) < 4.78 is 33.4. The van der Waals surface area contributed by atoms with E-state index in [0.717, 1.165) is 51.9 Å². The van der Waals surface area contributed by atoms with Crippen LogP contribution in [0.5, 0.6) is 0 Å². The number of ether oxygens (including phenoxy) is 1. The maximum Gasteiger partial charge on any atom is 0.153 e. The van der Waals surface area contributed by atoms with Gasteiger partial charge in [0.25, 0.3) is 0 Å². The van der Waals surface area contributed by atoms with Crippen molar-refractivity contribution in [2.75, 3.05) is 48.4 Å². The highest BCUT2D eigenvalue weighted by molar-refractivity contribution is 7.91. The highest BCUT2D eigenvalue weighted by Crippen LogP contribution is 2.38. The van der Waals surface area contributed by atoms with E-state index in [1.165, 1.54) is 6.33 Å². The lowest BCUT2D eigenvalue weighted by Gasteiger charge is -2.28. The molecule has 0 unspecified atom stereocenters. The molecule has 13 heteroatoms. The lowest BCUT2D eigenvalue weighted by atomic mass is 10.0. The average Bonchev–Trinajstić information content (AvgIpc) is 3.59. The minimum absolute atomic E-state index is 0.127. The van der Waals surface area contributed by atoms with E-state index in [1.54, 1.807) is 12.4 Å². The molecule has 2 aliphatic heterocycles. The molecule has 39 heavy (non-hydrogen) atoms. The van der Waals surface area contributed by atoms with E-state index in [1.807, 2.05) is 32.3 Å². The van der Waals surface area contributed by atoms with Gasteiger partial charge in [0.1, 0.15) is 17.7 Å². The van der Waals surface area contributed by atoms with E-state index in [2.05, 4.69) is 37.5 Å².